The first kappa shape index (κ1) is 15.9. The van der Waals surface area contributed by atoms with Crippen molar-refractivity contribution in [2.75, 3.05) is 19.6 Å². The summed E-state index contributed by atoms with van der Waals surface area (Å²) in [5.41, 5.74) is 5.90. The highest BCUT2D eigenvalue weighted by Gasteiger charge is 2.32. The molecule has 0 saturated carbocycles. The van der Waals surface area contributed by atoms with Crippen LogP contribution in [0.4, 0.5) is 4.39 Å². The van der Waals surface area contributed by atoms with Crippen LogP contribution in [-0.4, -0.2) is 48.6 Å². The van der Waals surface area contributed by atoms with Gasteiger partial charge in [0.1, 0.15) is 6.17 Å². The Bertz CT molecular complexity index is 614. The molecule has 0 unspecified atom stereocenters. The molecule has 0 radical (unpaired) electrons. The normalized spacial score (nSPS) is 21.3. The van der Waals surface area contributed by atoms with Gasteiger partial charge in [-0.05, 0) is 24.6 Å². The summed E-state index contributed by atoms with van der Waals surface area (Å²) in [6.45, 7) is 0.349. The molecule has 1 aromatic rings. The van der Waals surface area contributed by atoms with E-state index in [4.69, 9.17) is 11.0 Å². The number of nitrogens with zero attached hydrogens (tertiary/aromatic N) is 2. The van der Waals surface area contributed by atoms with Gasteiger partial charge < -0.3 is 11.1 Å². The van der Waals surface area contributed by atoms with Gasteiger partial charge in [0, 0.05) is 24.7 Å². The molecule has 2 atom stereocenters. The standard InChI is InChI=1S/C15H17FN4O2/c16-12-5-13(20(8-12)9-14(18)21)7-19-15(22)11-3-1-2-10(4-11)6-17/h1-4,12-13H,5,7-9H2,(H2,18,21)(H,19,22)/t12-,13-/m0/s1. The molecule has 1 aliphatic rings. The Hall–Kier alpha value is -2.46. The number of benzene rings is 1. The predicted octanol–water partition coefficient (Wildman–Crippen LogP) is 0.186. The molecule has 2 amide bonds. The Balaban J connectivity index is 1.95. The topological polar surface area (TPSA) is 99.2 Å². The lowest BCUT2D eigenvalue weighted by Gasteiger charge is -2.22. The largest absolute Gasteiger partial charge is 0.369 e. The van der Waals surface area contributed by atoms with E-state index in [0.717, 1.165) is 0 Å². The third-order valence-electron chi connectivity index (χ3n) is 3.59. The van der Waals surface area contributed by atoms with Gasteiger partial charge in [0.05, 0.1) is 18.2 Å². The van der Waals surface area contributed by atoms with Crippen molar-refractivity contribution in [3.63, 3.8) is 0 Å². The van der Waals surface area contributed by atoms with E-state index in [1.165, 1.54) is 6.07 Å². The van der Waals surface area contributed by atoms with E-state index in [0.29, 0.717) is 11.1 Å². The van der Waals surface area contributed by atoms with Crippen LogP contribution in [0.3, 0.4) is 0 Å². The number of alkyl halides is 1. The fourth-order valence-electron chi connectivity index (χ4n) is 2.57. The summed E-state index contributed by atoms with van der Waals surface area (Å²) in [5.74, 6) is -0.856. The number of nitrogens with two attached hydrogens (primary N) is 1. The lowest BCUT2D eigenvalue weighted by atomic mass is 10.1. The highest BCUT2D eigenvalue weighted by atomic mass is 19.1. The maximum Gasteiger partial charge on any atom is 0.251 e. The van der Waals surface area contributed by atoms with Crippen molar-refractivity contribution in [2.24, 2.45) is 5.73 Å². The lowest BCUT2D eigenvalue weighted by Crippen LogP contribution is -2.43. The number of nitrogens with one attached hydrogen (secondary N) is 1. The number of carbonyl (C=O) groups excluding carboxylic acids is 2. The summed E-state index contributed by atoms with van der Waals surface area (Å²) < 4.78 is 13.5. The second-order valence-electron chi connectivity index (χ2n) is 5.29. The Kier molecular flexibility index (Phi) is 5.07. The van der Waals surface area contributed by atoms with E-state index in [1.54, 1.807) is 23.1 Å². The van der Waals surface area contributed by atoms with Crippen molar-refractivity contribution in [3.8, 4) is 6.07 Å². The Labute approximate surface area is 127 Å². The van der Waals surface area contributed by atoms with E-state index in [-0.39, 0.29) is 38.0 Å². The van der Waals surface area contributed by atoms with Gasteiger partial charge in [-0.1, -0.05) is 6.07 Å². The second kappa shape index (κ2) is 7.00. The Morgan fingerprint density at radius 3 is 2.95 bits per heavy atom. The van der Waals surface area contributed by atoms with Gasteiger partial charge >= 0.3 is 0 Å². The minimum absolute atomic E-state index is 0.0229. The first-order valence-electron chi connectivity index (χ1n) is 6.94. The molecule has 1 aromatic carbocycles. The van der Waals surface area contributed by atoms with Crippen LogP contribution in [-0.2, 0) is 4.79 Å². The van der Waals surface area contributed by atoms with E-state index >= 15 is 0 Å². The van der Waals surface area contributed by atoms with Gasteiger partial charge in [0.2, 0.25) is 5.91 Å². The van der Waals surface area contributed by atoms with Crippen molar-refractivity contribution in [1.82, 2.24) is 10.2 Å². The van der Waals surface area contributed by atoms with Crippen LogP contribution in [0.5, 0.6) is 0 Å². The number of halogens is 1. The number of hydrogen-bond donors (Lipinski definition) is 2. The summed E-state index contributed by atoms with van der Waals surface area (Å²) in [7, 11) is 0. The van der Waals surface area contributed by atoms with Crippen molar-refractivity contribution in [3.05, 3.63) is 35.4 Å². The van der Waals surface area contributed by atoms with Crippen LogP contribution < -0.4 is 11.1 Å². The van der Waals surface area contributed by atoms with Gasteiger partial charge in [-0.15, -0.1) is 0 Å². The summed E-state index contributed by atoms with van der Waals surface area (Å²) in [6.07, 6.45) is -0.769. The minimum Gasteiger partial charge on any atom is -0.369 e. The molecular formula is C15H17FN4O2. The first-order valence-corrected chi connectivity index (χ1v) is 6.94. The summed E-state index contributed by atoms with van der Waals surface area (Å²) in [4.78, 5) is 24.7. The Morgan fingerprint density at radius 1 is 1.50 bits per heavy atom. The number of amides is 2. The number of nitriles is 1. The molecule has 0 spiro atoms. The van der Waals surface area contributed by atoms with Gasteiger partial charge in [-0.2, -0.15) is 5.26 Å². The van der Waals surface area contributed by atoms with Crippen LogP contribution in [0.15, 0.2) is 24.3 Å². The number of hydrogen-bond acceptors (Lipinski definition) is 4. The maximum absolute atomic E-state index is 13.5. The van der Waals surface area contributed by atoms with Gasteiger partial charge in [0.25, 0.3) is 5.91 Å². The molecule has 6 nitrogen and oxygen atoms in total. The van der Waals surface area contributed by atoms with Crippen LogP contribution in [0, 0.1) is 11.3 Å². The zero-order valence-corrected chi connectivity index (χ0v) is 12.0. The number of rotatable bonds is 5. The second-order valence-corrected chi connectivity index (χ2v) is 5.29. The lowest BCUT2D eigenvalue weighted by molar-refractivity contribution is -0.119. The fourth-order valence-corrected chi connectivity index (χ4v) is 2.57. The average molecular weight is 304 g/mol. The molecule has 0 aromatic heterocycles. The van der Waals surface area contributed by atoms with Gasteiger partial charge in [0.15, 0.2) is 0 Å². The van der Waals surface area contributed by atoms with E-state index in [9.17, 15) is 14.0 Å². The molecule has 7 heteroatoms. The van der Waals surface area contributed by atoms with Crippen LogP contribution in [0.1, 0.15) is 22.3 Å². The highest BCUT2D eigenvalue weighted by Crippen LogP contribution is 2.19. The third-order valence-corrected chi connectivity index (χ3v) is 3.59. The zero-order valence-electron chi connectivity index (χ0n) is 12.0. The molecule has 0 bridgehead atoms. The van der Waals surface area contributed by atoms with Crippen LogP contribution in [0.25, 0.3) is 0 Å². The molecular weight excluding hydrogens is 287 g/mol. The number of likely N-dealkylation sites (tertiary alicyclic amines) is 1. The molecule has 116 valence electrons. The van der Waals surface area contributed by atoms with Crippen LogP contribution in [0.2, 0.25) is 0 Å². The van der Waals surface area contributed by atoms with Crippen molar-refractivity contribution >= 4 is 11.8 Å². The highest BCUT2D eigenvalue weighted by molar-refractivity contribution is 5.94. The molecule has 1 heterocycles. The third kappa shape index (κ3) is 4.02. The van der Waals surface area contributed by atoms with Gasteiger partial charge in [-0.3, -0.25) is 14.5 Å². The molecule has 1 fully saturated rings. The molecule has 2 rings (SSSR count). The molecule has 22 heavy (non-hydrogen) atoms. The molecule has 1 aliphatic heterocycles. The maximum atomic E-state index is 13.5. The summed E-state index contributed by atoms with van der Waals surface area (Å²) in [6, 6.07) is 8.03. The SMILES string of the molecule is N#Cc1cccc(C(=O)NC[C@@H]2C[C@H](F)CN2CC(N)=O)c1. The van der Waals surface area contributed by atoms with Crippen molar-refractivity contribution in [2.45, 2.75) is 18.6 Å². The van der Waals surface area contributed by atoms with E-state index in [1.807, 2.05) is 6.07 Å². The monoisotopic (exact) mass is 304 g/mol. The summed E-state index contributed by atoms with van der Waals surface area (Å²) >= 11 is 0. The van der Waals surface area contributed by atoms with E-state index < -0.39 is 12.1 Å². The predicted molar refractivity (Wildman–Crippen MR) is 77.6 cm³/mol. The Morgan fingerprint density at radius 2 is 2.27 bits per heavy atom. The average Bonchev–Trinajstić information content (AvgIpc) is 2.83. The number of carbonyl (C=O) groups is 2. The zero-order chi connectivity index (χ0) is 16.1. The quantitative estimate of drug-likeness (QED) is 0.811. The van der Waals surface area contributed by atoms with Crippen molar-refractivity contribution < 1.29 is 14.0 Å². The van der Waals surface area contributed by atoms with Gasteiger partial charge in [-0.25, -0.2) is 4.39 Å². The molecule has 0 aliphatic carbocycles. The fraction of sp³-hybridized carbons (Fsp3) is 0.400. The minimum atomic E-state index is -1.02. The first-order chi connectivity index (χ1) is 10.5. The summed E-state index contributed by atoms with van der Waals surface area (Å²) in [5, 5.41) is 11.5. The van der Waals surface area contributed by atoms with E-state index in [2.05, 4.69) is 5.32 Å². The number of primary amides is 1. The smallest absolute Gasteiger partial charge is 0.251 e. The van der Waals surface area contributed by atoms with Crippen molar-refractivity contribution in [1.29, 1.82) is 5.26 Å². The molecule has 3 N–H and O–H groups in total. The molecule has 1 saturated heterocycles. The van der Waals surface area contributed by atoms with Crippen LogP contribution >= 0.6 is 0 Å².